The Hall–Kier alpha value is -3.35. The number of hydrogen-bond donors (Lipinski definition) is 0. The van der Waals surface area contributed by atoms with E-state index in [-0.39, 0.29) is 18.3 Å². The van der Waals surface area contributed by atoms with E-state index in [0.717, 1.165) is 16.7 Å². The van der Waals surface area contributed by atoms with Crippen LogP contribution >= 0.6 is 0 Å². The van der Waals surface area contributed by atoms with E-state index in [1.165, 1.54) is 30.5 Å². The third-order valence-electron chi connectivity index (χ3n) is 3.92. The number of halogens is 2. The van der Waals surface area contributed by atoms with Gasteiger partial charge in [0.2, 0.25) is 11.7 Å². The highest BCUT2D eigenvalue weighted by atomic mass is 19.1. The van der Waals surface area contributed by atoms with Crippen LogP contribution in [0.3, 0.4) is 0 Å². The molecule has 4 aromatic rings. The third kappa shape index (κ3) is 3.23. The molecule has 1 aromatic carbocycles. The van der Waals surface area contributed by atoms with Gasteiger partial charge in [-0.2, -0.15) is 0 Å². The molecular weight excluding hydrogens is 338 g/mol. The van der Waals surface area contributed by atoms with Crippen molar-refractivity contribution < 1.29 is 13.5 Å². The SMILES string of the molecule is Cc1cc(F)ccc1-c1cnc2nc(COc3cc(F)ccn3)cn2c1. The number of nitrogens with zero attached hydrogens (tertiary/aromatic N) is 4. The fraction of sp³-hybridized carbons (Fsp3) is 0.105. The zero-order chi connectivity index (χ0) is 18.1. The predicted molar refractivity (Wildman–Crippen MR) is 91.6 cm³/mol. The molecule has 130 valence electrons. The van der Waals surface area contributed by atoms with Crippen LogP contribution in [0.2, 0.25) is 0 Å². The van der Waals surface area contributed by atoms with E-state index in [1.807, 2.05) is 13.1 Å². The molecule has 0 amide bonds. The second-order valence-corrected chi connectivity index (χ2v) is 5.84. The molecule has 0 aliphatic carbocycles. The fourth-order valence-corrected chi connectivity index (χ4v) is 2.71. The summed E-state index contributed by atoms with van der Waals surface area (Å²) in [4.78, 5) is 12.6. The summed E-state index contributed by atoms with van der Waals surface area (Å²) >= 11 is 0. The number of imidazole rings is 1. The lowest BCUT2D eigenvalue weighted by Crippen LogP contribution is -1.97. The van der Waals surface area contributed by atoms with E-state index in [0.29, 0.717) is 11.5 Å². The number of aromatic nitrogens is 4. The quantitative estimate of drug-likeness (QED) is 0.558. The van der Waals surface area contributed by atoms with E-state index in [1.54, 1.807) is 22.9 Å². The van der Waals surface area contributed by atoms with Gasteiger partial charge in [-0.3, -0.25) is 4.40 Å². The molecule has 0 unspecified atom stereocenters. The van der Waals surface area contributed by atoms with Crippen molar-refractivity contribution in [1.29, 1.82) is 0 Å². The Morgan fingerprint density at radius 3 is 2.69 bits per heavy atom. The highest BCUT2D eigenvalue weighted by Gasteiger charge is 2.08. The van der Waals surface area contributed by atoms with Gasteiger partial charge in [-0.1, -0.05) is 6.07 Å². The van der Waals surface area contributed by atoms with Gasteiger partial charge in [0.1, 0.15) is 18.2 Å². The molecule has 7 heteroatoms. The number of hydrogen-bond acceptors (Lipinski definition) is 4. The maximum atomic E-state index is 13.3. The Balaban J connectivity index is 1.59. The Kier molecular flexibility index (Phi) is 4.04. The molecule has 0 spiro atoms. The van der Waals surface area contributed by atoms with Crippen molar-refractivity contribution in [1.82, 2.24) is 19.4 Å². The van der Waals surface area contributed by atoms with Gasteiger partial charge in [0.25, 0.3) is 0 Å². The average molecular weight is 352 g/mol. The molecular formula is C19H14F2N4O. The Morgan fingerprint density at radius 1 is 1.04 bits per heavy atom. The van der Waals surface area contributed by atoms with Crippen molar-refractivity contribution >= 4 is 5.78 Å². The van der Waals surface area contributed by atoms with Gasteiger partial charge in [0.05, 0.1) is 5.69 Å². The van der Waals surface area contributed by atoms with Gasteiger partial charge in [-0.15, -0.1) is 0 Å². The molecule has 0 aliphatic rings. The summed E-state index contributed by atoms with van der Waals surface area (Å²) in [7, 11) is 0. The largest absolute Gasteiger partial charge is 0.471 e. The normalized spacial score (nSPS) is 11.0. The Bertz CT molecular complexity index is 1090. The van der Waals surface area contributed by atoms with Crippen LogP contribution in [0, 0.1) is 18.6 Å². The molecule has 0 radical (unpaired) electrons. The lowest BCUT2D eigenvalue weighted by atomic mass is 10.0. The monoisotopic (exact) mass is 352 g/mol. The molecule has 0 saturated heterocycles. The summed E-state index contributed by atoms with van der Waals surface area (Å²) in [6.07, 6.45) is 6.69. The van der Waals surface area contributed by atoms with Crippen LogP contribution in [0.1, 0.15) is 11.3 Å². The number of benzene rings is 1. The van der Waals surface area contributed by atoms with Gasteiger partial charge in [-0.05, 0) is 36.2 Å². The summed E-state index contributed by atoms with van der Waals surface area (Å²) in [5.41, 5.74) is 3.21. The summed E-state index contributed by atoms with van der Waals surface area (Å²) in [5, 5.41) is 0. The predicted octanol–water partition coefficient (Wildman–Crippen LogP) is 3.96. The number of aryl methyl sites for hydroxylation is 1. The van der Waals surface area contributed by atoms with E-state index in [9.17, 15) is 8.78 Å². The molecule has 0 saturated carbocycles. The van der Waals surface area contributed by atoms with Crippen molar-refractivity contribution in [3.8, 4) is 17.0 Å². The molecule has 0 bridgehead atoms. The minimum absolute atomic E-state index is 0.144. The lowest BCUT2D eigenvalue weighted by Gasteiger charge is -2.06. The van der Waals surface area contributed by atoms with Gasteiger partial charge < -0.3 is 4.74 Å². The van der Waals surface area contributed by atoms with Gasteiger partial charge >= 0.3 is 0 Å². The smallest absolute Gasteiger partial charge is 0.234 e. The average Bonchev–Trinajstić information content (AvgIpc) is 3.02. The van der Waals surface area contributed by atoms with Crippen LogP contribution < -0.4 is 4.74 Å². The number of ether oxygens (including phenoxy) is 1. The summed E-state index contributed by atoms with van der Waals surface area (Å²) in [5.74, 6) is 0.0243. The van der Waals surface area contributed by atoms with Crippen molar-refractivity contribution in [2.24, 2.45) is 0 Å². The van der Waals surface area contributed by atoms with Crippen LogP contribution in [0.25, 0.3) is 16.9 Å². The zero-order valence-electron chi connectivity index (χ0n) is 13.9. The van der Waals surface area contributed by atoms with Crippen molar-refractivity contribution in [3.63, 3.8) is 0 Å². The Labute approximate surface area is 147 Å². The van der Waals surface area contributed by atoms with Crippen LogP contribution in [0.4, 0.5) is 8.78 Å². The van der Waals surface area contributed by atoms with Gasteiger partial charge in [0.15, 0.2) is 0 Å². The highest BCUT2D eigenvalue weighted by molar-refractivity contribution is 5.66. The third-order valence-corrected chi connectivity index (χ3v) is 3.92. The van der Waals surface area contributed by atoms with Crippen LogP contribution in [0.5, 0.6) is 5.88 Å². The molecule has 5 nitrogen and oxygen atoms in total. The maximum absolute atomic E-state index is 13.3. The maximum Gasteiger partial charge on any atom is 0.234 e. The van der Waals surface area contributed by atoms with Crippen LogP contribution in [-0.4, -0.2) is 19.4 Å². The molecule has 4 rings (SSSR count). The summed E-state index contributed by atoms with van der Waals surface area (Å²) in [6, 6.07) is 7.10. The van der Waals surface area contributed by atoms with Crippen LogP contribution in [-0.2, 0) is 6.61 Å². The van der Waals surface area contributed by atoms with E-state index in [4.69, 9.17) is 4.74 Å². The molecule has 0 atom stereocenters. The standard InChI is InChI=1S/C19H14F2N4O/c1-12-6-14(20)2-3-17(12)13-8-23-19-24-16(10-25(19)9-13)11-26-18-7-15(21)4-5-22-18/h2-10H,11H2,1H3. The molecule has 26 heavy (non-hydrogen) atoms. The first kappa shape index (κ1) is 16.1. The molecule has 0 aliphatic heterocycles. The van der Waals surface area contributed by atoms with Crippen molar-refractivity contribution in [2.75, 3.05) is 0 Å². The highest BCUT2D eigenvalue weighted by Crippen LogP contribution is 2.23. The Morgan fingerprint density at radius 2 is 1.88 bits per heavy atom. The van der Waals surface area contributed by atoms with Gasteiger partial charge in [0, 0.05) is 36.4 Å². The second-order valence-electron chi connectivity index (χ2n) is 5.84. The molecule has 0 fully saturated rings. The zero-order valence-corrected chi connectivity index (χ0v) is 13.9. The topological polar surface area (TPSA) is 52.3 Å². The first-order chi connectivity index (χ1) is 12.6. The van der Waals surface area contributed by atoms with Crippen molar-refractivity contribution in [3.05, 3.63) is 78.0 Å². The van der Waals surface area contributed by atoms with E-state index in [2.05, 4.69) is 15.0 Å². The first-order valence-corrected chi connectivity index (χ1v) is 7.93. The fourth-order valence-electron chi connectivity index (χ4n) is 2.71. The number of rotatable bonds is 4. The second kappa shape index (κ2) is 6.51. The molecule has 3 heterocycles. The van der Waals surface area contributed by atoms with Gasteiger partial charge in [-0.25, -0.2) is 23.7 Å². The van der Waals surface area contributed by atoms with Crippen molar-refractivity contribution in [2.45, 2.75) is 13.5 Å². The summed E-state index contributed by atoms with van der Waals surface area (Å²) < 4.78 is 33.7. The first-order valence-electron chi connectivity index (χ1n) is 7.93. The minimum atomic E-state index is -0.411. The van der Waals surface area contributed by atoms with Crippen LogP contribution in [0.15, 0.2) is 55.1 Å². The molecule has 3 aromatic heterocycles. The lowest BCUT2D eigenvalue weighted by molar-refractivity contribution is 0.288. The van der Waals surface area contributed by atoms with E-state index < -0.39 is 5.82 Å². The number of pyridine rings is 1. The van der Waals surface area contributed by atoms with E-state index >= 15 is 0 Å². The number of fused-ring (bicyclic) bond motifs is 1. The summed E-state index contributed by atoms with van der Waals surface area (Å²) in [6.45, 7) is 1.99. The minimum Gasteiger partial charge on any atom is -0.471 e. The molecule has 0 N–H and O–H groups in total.